The smallest absolute Gasteiger partial charge is 0.449 e. The number of hydrogen-bond donors (Lipinski definition) is 2. The van der Waals surface area contributed by atoms with Crippen molar-refractivity contribution in [1.82, 2.24) is 19.8 Å². The van der Waals surface area contributed by atoms with Crippen molar-refractivity contribution in [1.29, 1.82) is 0 Å². The van der Waals surface area contributed by atoms with E-state index >= 15 is 0 Å². The number of aromatic nitrogens is 2. The molecule has 0 saturated heterocycles. The van der Waals surface area contributed by atoms with Crippen LogP contribution in [0.5, 0.6) is 0 Å². The molecule has 196 valence electrons. The number of hydrogen-bond acceptors (Lipinski definition) is 6. The lowest BCUT2D eigenvalue weighted by atomic mass is 10.0. The highest BCUT2D eigenvalue weighted by molar-refractivity contribution is 5.95. The van der Waals surface area contributed by atoms with Gasteiger partial charge in [-0.25, -0.2) is 18.2 Å². The quantitative estimate of drug-likeness (QED) is 0.324. The SMILES string of the molecule is COC(=O)CNC(=O)c1nc(C(F)(F)F)n2c1CN(C(=O)C[C@H](N)Cc1cc(F)c(F)cc1F)CC2. The van der Waals surface area contributed by atoms with Gasteiger partial charge < -0.3 is 25.3 Å². The van der Waals surface area contributed by atoms with Gasteiger partial charge in [0.05, 0.1) is 19.3 Å². The Bertz CT molecular complexity index is 1180. The van der Waals surface area contributed by atoms with Crippen LogP contribution in [0.15, 0.2) is 12.1 Å². The average Bonchev–Trinajstić information content (AvgIpc) is 3.20. The van der Waals surface area contributed by atoms with Crippen molar-refractivity contribution in [2.45, 2.75) is 38.1 Å². The van der Waals surface area contributed by atoms with Crippen LogP contribution in [0.1, 0.15) is 34.0 Å². The molecule has 15 heteroatoms. The number of imidazole rings is 1. The number of esters is 1. The molecular weight excluding hydrogens is 500 g/mol. The third-order valence-corrected chi connectivity index (χ3v) is 5.46. The van der Waals surface area contributed by atoms with Gasteiger partial charge in [-0.2, -0.15) is 13.2 Å². The van der Waals surface area contributed by atoms with Crippen LogP contribution in [-0.2, 0) is 40.0 Å². The molecule has 3 rings (SSSR count). The highest BCUT2D eigenvalue weighted by atomic mass is 19.4. The molecule has 2 aromatic rings. The Labute approximate surface area is 200 Å². The number of carbonyl (C=O) groups is 3. The fraction of sp³-hybridized carbons (Fsp3) is 0.429. The van der Waals surface area contributed by atoms with Gasteiger partial charge in [-0.05, 0) is 18.1 Å². The minimum absolute atomic E-state index is 0.166. The lowest BCUT2D eigenvalue weighted by molar-refractivity contribution is -0.148. The Morgan fingerprint density at radius 2 is 1.81 bits per heavy atom. The molecule has 0 fully saturated rings. The molecule has 0 aliphatic carbocycles. The van der Waals surface area contributed by atoms with E-state index in [0.717, 1.165) is 16.6 Å². The molecule has 2 heterocycles. The summed E-state index contributed by atoms with van der Waals surface area (Å²) in [5.41, 5.74) is 4.82. The first-order chi connectivity index (χ1) is 16.8. The monoisotopic (exact) mass is 521 g/mol. The number of nitrogens with two attached hydrogens (primary N) is 1. The normalized spacial score (nSPS) is 14.3. The van der Waals surface area contributed by atoms with Crippen LogP contribution in [0.2, 0.25) is 0 Å². The van der Waals surface area contributed by atoms with E-state index in [4.69, 9.17) is 5.73 Å². The van der Waals surface area contributed by atoms with Crippen LogP contribution in [0.3, 0.4) is 0 Å². The Hall–Kier alpha value is -3.62. The van der Waals surface area contributed by atoms with Crippen molar-refractivity contribution in [2.75, 3.05) is 20.2 Å². The van der Waals surface area contributed by atoms with E-state index < -0.39 is 72.1 Å². The standard InChI is InChI=1S/C21H21F6N5O4/c1-36-17(34)8-29-19(35)18-15-9-31(2-3-32(15)20(30-18)21(25,26)27)16(33)6-11(28)4-10-5-13(23)14(24)7-12(10)22/h5,7,11H,2-4,6,8-9,28H2,1H3,(H,29,35)/t11-/m1/s1. The van der Waals surface area contributed by atoms with Gasteiger partial charge in [0.25, 0.3) is 5.91 Å². The van der Waals surface area contributed by atoms with Crippen molar-refractivity contribution < 1.29 is 45.5 Å². The summed E-state index contributed by atoms with van der Waals surface area (Å²) in [5, 5.41) is 2.11. The van der Waals surface area contributed by atoms with Crippen LogP contribution in [-0.4, -0.2) is 58.5 Å². The van der Waals surface area contributed by atoms with Crippen molar-refractivity contribution in [3.05, 3.63) is 52.4 Å². The van der Waals surface area contributed by atoms with E-state index in [1.54, 1.807) is 0 Å². The largest absolute Gasteiger partial charge is 0.468 e. The number of halogens is 6. The molecule has 0 saturated carbocycles. The van der Waals surface area contributed by atoms with E-state index in [-0.39, 0.29) is 37.2 Å². The zero-order chi connectivity index (χ0) is 26.8. The van der Waals surface area contributed by atoms with Crippen molar-refractivity contribution in [2.24, 2.45) is 5.73 Å². The number of nitrogens with one attached hydrogen (secondary N) is 1. The first-order valence-corrected chi connectivity index (χ1v) is 10.5. The topological polar surface area (TPSA) is 120 Å². The fourth-order valence-electron chi connectivity index (χ4n) is 3.72. The molecule has 0 radical (unpaired) electrons. The Balaban J connectivity index is 1.76. The van der Waals surface area contributed by atoms with Gasteiger partial charge in [-0.1, -0.05) is 0 Å². The van der Waals surface area contributed by atoms with Gasteiger partial charge in [0.15, 0.2) is 17.3 Å². The summed E-state index contributed by atoms with van der Waals surface area (Å²) < 4.78 is 86.0. The van der Waals surface area contributed by atoms with E-state index in [0.29, 0.717) is 12.1 Å². The number of methoxy groups -OCH3 is 1. The molecule has 2 amide bonds. The number of carbonyl (C=O) groups excluding carboxylic acids is 3. The van der Waals surface area contributed by atoms with Gasteiger partial charge >= 0.3 is 12.1 Å². The Morgan fingerprint density at radius 1 is 1.14 bits per heavy atom. The maximum absolute atomic E-state index is 13.9. The molecule has 1 aliphatic heterocycles. The molecule has 1 aromatic heterocycles. The molecule has 0 unspecified atom stereocenters. The van der Waals surface area contributed by atoms with E-state index in [9.17, 15) is 40.7 Å². The maximum atomic E-state index is 13.9. The van der Waals surface area contributed by atoms with Crippen molar-refractivity contribution in [3.8, 4) is 0 Å². The van der Waals surface area contributed by atoms with Crippen LogP contribution in [0, 0.1) is 17.5 Å². The first-order valence-electron chi connectivity index (χ1n) is 10.5. The molecule has 9 nitrogen and oxygen atoms in total. The maximum Gasteiger partial charge on any atom is 0.449 e. The number of benzene rings is 1. The molecule has 0 bridgehead atoms. The molecular formula is C21H21F6N5O4. The minimum Gasteiger partial charge on any atom is -0.468 e. The lowest BCUT2D eigenvalue weighted by Crippen LogP contribution is -2.42. The summed E-state index contributed by atoms with van der Waals surface area (Å²) in [4.78, 5) is 41.0. The third kappa shape index (κ3) is 5.95. The highest BCUT2D eigenvalue weighted by Gasteiger charge is 2.41. The van der Waals surface area contributed by atoms with Crippen molar-refractivity contribution >= 4 is 17.8 Å². The van der Waals surface area contributed by atoms with Gasteiger partial charge in [0, 0.05) is 31.6 Å². The van der Waals surface area contributed by atoms with Gasteiger partial charge in [-0.3, -0.25) is 14.4 Å². The minimum atomic E-state index is -4.89. The predicted molar refractivity (Wildman–Crippen MR) is 110 cm³/mol. The lowest BCUT2D eigenvalue weighted by Gasteiger charge is -2.30. The van der Waals surface area contributed by atoms with E-state index in [1.165, 1.54) is 0 Å². The van der Waals surface area contributed by atoms with E-state index in [1.807, 2.05) is 0 Å². The second-order valence-corrected chi connectivity index (χ2v) is 7.98. The second kappa shape index (κ2) is 10.6. The number of rotatable bonds is 7. The summed E-state index contributed by atoms with van der Waals surface area (Å²) in [6.07, 6.45) is -5.58. The number of fused-ring (bicyclic) bond motifs is 1. The average molecular weight is 521 g/mol. The highest BCUT2D eigenvalue weighted by Crippen LogP contribution is 2.32. The predicted octanol–water partition coefficient (Wildman–Crippen LogP) is 1.52. The molecule has 0 spiro atoms. The van der Waals surface area contributed by atoms with Gasteiger partial charge in [0.2, 0.25) is 11.7 Å². The second-order valence-electron chi connectivity index (χ2n) is 7.98. The summed E-state index contributed by atoms with van der Waals surface area (Å²) in [5.74, 6) is -7.56. The van der Waals surface area contributed by atoms with Crippen LogP contribution in [0.4, 0.5) is 26.3 Å². The number of nitrogens with zero attached hydrogens (tertiary/aromatic N) is 3. The molecule has 1 aliphatic rings. The summed E-state index contributed by atoms with van der Waals surface area (Å²) in [6, 6.07) is -0.0280. The Kier molecular flexibility index (Phi) is 7.91. The number of ether oxygens (including phenoxy) is 1. The van der Waals surface area contributed by atoms with Crippen molar-refractivity contribution in [3.63, 3.8) is 0 Å². The first kappa shape index (κ1) is 27.0. The summed E-state index contributed by atoms with van der Waals surface area (Å²) >= 11 is 0. The molecule has 3 N–H and O–H groups in total. The third-order valence-electron chi connectivity index (χ3n) is 5.46. The summed E-state index contributed by atoms with van der Waals surface area (Å²) in [7, 11) is 1.06. The molecule has 1 aromatic carbocycles. The number of amides is 2. The van der Waals surface area contributed by atoms with Crippen LogP contribution < -0.4 is 11.1 Å². The van der Waals surface area contributed by atoms with Crippen LogP contribution >= 0.6 is 0 Å². The van der Waals surface area contributed by atoms with Crippen LogP contribution in [0.25, 0.3) is 0 Å². The Morgan fingerprint density at radius 3 is 2.44 bits per heavy atom. The van der Waals surface area contributed by atoms with Gasteiger partial charge in [0.1, 0.15) is 12.4 Å². The zero-order valence-corrected chi connectivity index (χ0v) is 18.8. The van der Waals surface area contributed by atoms with E-state index in [2.05, 4.69) is 15.0 Å². The fourth-order valence-corrected chi connectivity index (χ4v) is 3.72. The summed E-state index contributed by atoms with van der Waals surface area (Å²) in [6.45, 7) is -1.53. The zero-order valence-electron chi connectivity index (χ0n) is 18.8. The number of alkyl halides is 3. The molecule has 1 atom stereocenters. The molecule has 36 heavy (non-hydrogen) atoms. The van der Waals surface area contributed by atoms with Gasteiger partial charge in [-0.15, -0.1) is 0 Å².